The Morgan fingerprint density at radius 3 is 2.67 bits per heavy atom. The van der Waals surface area contributed by atoms with E-state index >= 15 is 0 Å². The molecular weight excluding hydrogens is 342 g/mol. The fourth-order valence-corrected chi connectivity index (χ4v) is 3.71. The van der Waals surface area contributed by atoms with Gasteiger partial charge in [-0.2, -0.15) is 0 Å². The molecule has 0 spiro atoms. The van der Waals surface area contributed by atoms with Crippen LogP contribution in [0.25, 0.3) is 0 Å². The van der Waals surface area contributed by atoms with E-state index in [1.54, 1.807) is 24.3 Å². The number of nitrogens with one attached hydrogen (secondary N) is 2. The van der Waals surface area contributed by atoms with Crippen molar-refractivity contribution < 1.29 is 14.3 Å². The maximum Gasteiger partial charge on any atom is 0.253 e. The van der Waals surface area contributed by atoms with Crippen molar-refractivity contribution in [3.63, 3.8) is 0 Å². The number of benzene rings is 1. The minimum atomic E-state index is -0.374. The zero-order valence-corrected chi connectivity index (χ0v) is 16.0. The number of hydrogen-bond donors (Lipinski definition) is 2. The number of anilines is 1. The van der Waals surface area contributed by atoms with Gasteiger partial charge in [-0.15, -0.1) is 0 Å². The number of nitrogens with zero attached hydrogens (tertiary/aromatic N) is 1. The summed E-state index contributed by atoms with van der Waals surface area (Å²) in [5.41, 5.74) is 1.20. The molecule has 1 aromatic rings. The van der Waals surface area contributed by atoms with Crippen LogP contribution in [0.4, 0.5) is 5.69 Å². The second kappa shape index (κ2) is 10.4. The maximum absolute atomic E-state index is 12.4. The van der Waals surface area contributed by atoms with Crippen LogP contribution in [-0.4, -0.2) is 55.6 Å². The van der Waals surface area contributed by atoms with Crippen molar-refractivity contribution in [1.29, 1.82) is 0 Å². The highest BCUT2D eigenvalue weighted by Crippen LogP contribution is 2.16. The van der Waals surface area contributed by atoms with Crippen LogP contribution in [0, 0.1) is 0 Å². The molecule has 0 saturated carbocycles. The Hall–Kier alpha value is -1.92. The molecule has 0 aliphatic carbocycles. The van der Waals surface area contributed by atoms with E-state index in [2.05, 4.69) is 15.5 Å². The van der Waals surface area contributed by atoms with Gasteiger partial charge in [0.25, 0.3) is 11.8 Å². The van der Waals surface area contributed by atoms with Crippen molar-refractivity contribution in [2.45, 2.75) is 51.0 Å². The Kier molecular flexibility index (Phi) is 7.66. The van der Waals surface area contributed by atoms with Gasteiger partial charge in [0.1, 0.15) is 6.10 Å². The lowest BCUT2D eigenvalue weighted by Gasteiger charge is -2.19. The summed E-state index contributed by atoms with van der Waals surface area (Å²) in [6, 6.07) is 7.07. The third-order valence-electron chi connectivity index (χ3n) is 5.25. The van der Waals surface area contributed by atoms with E-state index in [1.165, 1.54) is 38.8 Å². The van der Waals surface area contributed by atoms with Gasteiger partial charge < -0.3 is 20.3 Å². The van der Waals surface area contributed by atoms with Gasteiger partial charge in [0.05, 0.1) is 0 Å². The van der Waals surface area contributed by atoms with Crippen molar-refractivity contribution in [3.05, 3.63) is 29.8 Å². The Morgan fingerprint density at radius 2 is 1.93 bits per heavy atom. The Morgan fingerprint density at radius 1 is 1.11 bits per heavy atom. The standard InChI is InChI=1S/C21H31N3O3/c25-20(22-11-7-14-24-12-3-1-2-4-13-24)17-8-5-9-18(16-17)23-21(26)19-10-6-15-27-19/h5,8-9,16,19H,1-4,6-7,10-15H2,(H,22,25)(H,23,26). The van der Waals surface area contributed by atoms with Gasteiger partial charge in [-0.1, -0.05) is 18.9 Å². The molecule has 1 atom stereocenters. The molecule has 3 rings (SSSR count). The van der Waals surface area contributed by atoms with E-state index in [9.17, 15) is 9.59 Å². The third kappa shape index (κ3) is 6.33. The first-order valence-electron chi connectivity index (χ1n) is 10.3. The molecule has 2 aliphatic rings. The molecule has 0 aromatic heterocycles. The van der Waals surface area contributed by atoms with Crippen LogP contribution in [0.1, 0.15) is 55.3 Å². The summed E-state index contributed by atoms with van der Waals surface area (Å²) in [4.78, 5) is 27.0. The number of rotatable bonds is 7. The SMILES string of the molecule is O=C(NCCCN1CCCCCC1)c1cccc(NC(=O)C2CCCO2)c1. The summed E-state index contributed by atoms with van der Waals surface area (Å²) < 4.78 is 5.39. The third-order valence-corrected chi connectivity index (χ3v) is 5.25. The lowest BCUT2D eigenvalue weighted by Crippen LogP contribution is -2.30. The van der Waals surface area contributed by atoms with Crippen molar-refractivity contribution in [1.82, 2.24) is 10.2 Å². The molecule has 1 unspecified atom stereocenters. The van der Waals surface area contributed by atoms with E-state index in [4.69, 9.17) is 4.74 Å². The molecule has 0 bridgehead atoms. The maximum atomic E-state index is 12.4. The lowest BCUT2D eigenvalue weighted by molar-refractivity contribution is -0.124. The first-order valence-corrected chi connectivity index (χ1v) is 10.3. The van der Waals surface area contributed by atoms with E-state index < -0.39 is 0 Å². The van der Waals surface area contributed by atoms with E-state index in [0.717, 1.165) is 25.8 Å². The Labute approximate surface area is 161 Å². The number of amides is 2. The highest BCUT2D eigenvalue weighted by atomic mass is 16.5. The van der Waals surface area contributed by atoms with Gasteiger partial charge in [0, 0.05) is 24.4 Å². The smallest absolute Gasteiger partial charge is 0.253 e. The predicted molar refractivity (Wildman–Crippen MR) is 106 cm³/mol. The molecular formula is C21H31N3O3. The van der Waals surface area contributed by atoms with E-state index in [0.29, 0.717) is 24.4 Å². The second-order valence-corrected chi connectivity index (χ2v) is 7.44. The van der Waals surface area contributed by atoms with Crippen LogP contribution < -0.4 is 10.6 Å². The zero-order valence-electron chi connectivity index (χ0n) is 16.0. The minimum absolute atomic E-state index is 0.0981. The van der Waals surface area contributed by atoms with Crippen LogP contribution in [0.5, 0.6) is 0 Å². The fourth-order valence-electron chi connectivity index (χ4n) is 3.71. The van der Waals surface area contributed by atoms with Crippen LogP contribution in [0.2, 0.25) is 0 Å². The molecule has 2 N–H and O–H groups in total. The minimum Gasteiger partial charge on any atom is -0.368 e. The molecule has 148 valence electrons. The van der Waals surface area contributed by atoms with E-state index in [1.807, 2.05) is 0 Å². The number of carbonyl (C=O) groups is 2. The van der Waals surface area contributed by atoms with E-state index in [-0.39, 0.29) is 17.9 Å². The quantitative estimate of drug-likeness (QED) is 0.721. The Bertz CT molecular complexity index is 621. The molecule has 2 aliphatic heterocycles. The molecule has 1 aromatic carbocycles. The van der Waals surface area contributed by atoms with Crippen LogP contribution >= 0.6 is 0 Å². The average Bonchev–Trinajstić information content (AvgIpc) is 3.10. The highest BCUT2D eigenvalue weighted by molar-refractivity contribution is 5.98. The van der Waals surface area contributed by atoms with Gasteiger partial charge in [-0.05, 0) is 69.9 Å². The zero-order chi connectivity index (χ0) is 18.9. The normalized spacial score (nSPS) is 20.8. The molecule has 2 amide bonds. The van der Waals surface area contributed by atoms with Crippen molar-refractivity contribution in [2.75, 3.05) is 38.1 Å². The summed E-state index contributed by atoms with van der Waals surface area (Å²) in [6.07, 6.45) is 7.51. The Balaban J connectivity index is 1.42. The van der Waals surface area contributed by atoms with Crippen LogP contribution in [0.3, 0.4) is 0 Å². The number of hydrogen-bond acceptors (Lipinski definition) is 4. The topological polar surface area (TPSA) is 70.7 Å². The predicted octanol–water partition coefficient (Wildman–Crippen LogP) is 2.80. The van der Waals surface area contributed by atoms with Crippen LogP contribution in [0.15, 0.2) is 24.3 Å². The summed E-state index contributed by atoms with van der Waals surface area (Å²) in [5.74, 6) is -0.235. The first kappa shape index (κ1) is 19.8. The summed E-state index contributed by atoms with van der Waals surface area (Å²) in [5, 5.41) is 5.83. The number of carbonyl (C=O) groups excluding carboxylic acids is 2. The second-order valence-electron chi connectivity index (χ2n) is 7.44. The van der Waals surface area contributed by atoms with Gasteiger partial charge in [0.15, 0.2) is 0 Å². The average molecular weight is 373 g/mol. The number of ether oxygens (including phenoxy) is 1. The largest absolute Gasteiger partial charge is 0.368 e. The molecule has 2 saturated heterocycles. The van der Waals surface area contributed by atoms with Gasteiger partial charge in [0.2, 0.25) is 0 Å². The molecule has 27 heavy (non-hydrogen) atoms. The van der Waals surface area contributed by atoms with Gasteiger partial charge in [-0.25, -0.2) is 0 Å². The first-order chi connectivity index (χ1) is 13.2. The van der Waals surface area contributed by atoms with Gasteiger partial charge in [-0.3, -0.25) is 9.59 Å². The van der Waals surface area contributed by atoms with Crippen molar-refractivity contribution in [2.24, 2.45) is 0 Å². The fraction of sp³-hybridized carbons (Fsp3) is 0.619. The summed E-state index contributed by atoms with van der Waals surface area (Å²) in [6.45, 7) is 4.71. The summed E-state index contributed by atoms with van der Waals surface area (Å²) in [7, 11) is 0. The molecule has 6 nitrogen and oxygen atoms in total. The highest BCUT2D eigenvalue weighted by Gasteiger charge is 2.23. The van der Waals surface area contributed by atoms with Gasteiger partial charge >= 0.3 is 0 Å². The molecule has 2 heterocycles. The number of likely N-dealkylation sites (tertiary alicyclic amines) is 1. The molecule has 2 fully saturated rings. The molecule has 6 heteroatoms. The lowest BCUT2D eigenvalue weighted by atomic mass is 10.1. The van der Waals surface area contributed by atoms with Crippen molar-refractivity contribution >= 4 is 17.5 Å². The van der Waals surface area contributed by atoms with Crippen molar-refractivity contribution in [3.8, 4) is 0 Å². The summed E-state index contributed by atoms with van der Waals surface area (Å²) >= 11 is 0. The monoisotopic (exact) mass is 373 g/mol. The van der Waals surface area contributed by atoms with Crippen LogP contribution in [-0.2, 0) is 9.53 Å². The molecule has 0 radical (unpaired) electrons.